The van der Waals surface area contributed by atoms with Crippen LogP contribution in [0.3, 0.4) is 0 Å². The highest BCUT2D eigenvalue weighted by molar-refractivity contribution is 7.99. The summed E-state index contributed by atoms with van der Waals surface area (Å²) in [5, 5.41) is 1.02. The van der Waals surface area contributed by atoms with Gasteiger partial charge in [0.15, 0.2) is 0 Å². The van der Waals surface area contributed by atoms with Crippen LogP contribution in [0.15, 0.2) is 120 Å². The van der Waals surface area contributed by atoms with Gasteiger partial charge < -0.3 is 4.90 Å². The van der Waals surface area contributed by atoms with Crippen LogP contribution in [0.25, 0.3) is 0 Å². The average Bonchev–Trinajstić information content (AvgIpc) is 2.90. The molecule has 0 saturated heterocycles. The molecule has 5 rings (SSSR count). The summed E-state index contributed by atoms with van der Waals surface area (Å²) >= 11 is 1.71. The first-order chi connectivity index (χ1) is 16.8. The summed E-state index contributed by atoms with van der Waals surface area (Å²) in [5.41, 5.74) is 3.79. The minimum absolute atomic E-state index is 0.0832. The predicted molar refractivity (Wildman–Crippen MR) is 140 cm³/mol. The Morgan fingerprint density at radius 3 is 2.26 bits per heavy atom. The molecule has 1 atom stereocenters. The molecule has 0 aliphatic carbocycles. The third-order valence-electron chi connectivity index (χ3n) is 6.07. The van der Waals surface area contributed by atoms with Crippen LogP contribution in [-0.4, -0.2) is 28.0 Å². The maximum Gasteiger partial charge on any atom is 0.139 e. The van der Waals surface area contributed by atoms with Crippen LogP contribution in [0, 0.1) is 0 Å². The molecule has 1 aliphatic rings. The molecular weight excluding hydrogens is 436 g/mol. The molecule has 0 spiro atoms. The maximum absolute atomic E-state index is 4.78. The lowest BCUT2D eigenvalue weighted by Crippen LogP contribution is -2.47. The van der Waals surface area contributed by atoms with Crippen molar-refractivity contribution in [2.75, 3.05) is 18.0 Å². The summed E-state index contributed by atoms with van der Waals surface area (Å²) in [6.07, 6.45) is 4.73. The van der Waals surface area contributed by atoms with Gasteiger partial charge in [-0.1, -0.05) is 96.7 Å². The first kappa shape index (κ1) is 22.4. The van der Waals surface area contributed by atoms with Crippen molar-refractivity contribution in [2.45, 2.75) is 29.1 Å². The van der Waals surface area contributed by atoms with E-state index < -0.39 is 0 Å². The van der Waals surface area contributed by atoms with Gasteiger partial charge in [0.25, 0.3) is 0 Å². The van der Waals surface area contributed by atoms with Crippen LogP contribution in [-0.2, 0) is 13.0 Å². The van der Waals surface area contributed by atoms with E-state index in [1.54, 1.807) is 18.1 Å². The van der Waals surface area contributed by atoms with Crippen LogP contribution in [0.4, 0.5) is 5.82 Å². The molecule has 5 heteroatoms. The first-order valence-electron chi connectivity index (χ1n) is 11.6. The number of hydrogen-bond acceptors (Lipinski definition) is 5. The molecule has 1 aromatic heterocycles. The first-order valence-corrected chi connectivity index (χ1v) is 12.4. The molecule has 4 nitrogen and oxygen atoms in total. The Hall–Kier alpha value is -3.41. The minimum Gasteiger partial charge on any atom is -0.333 e. The molecule has 0 radical (unpaired) electrons. The number of benzene rings is 3. The third-order valence-corrected chi connectivity index (χ3v) is 7.12. The Labute approximate surface area is 206 Å². The number of anilines is 1. The molecule has 4 aromatic rings. The van der Waals surface area contributed by atoms with Crippen molar-refractivity contribution in [2.24, 2.45) is 0 Å². The van der Waals surface area contributed by atoms with Crippen molar-refractivity contribution >= 4 is 17.6 Å². The number of rotatable bonds is 8. The van der Waals surface area contributed by atoms with Gasteiger partial charge in [-0.25, -0.2) is 9.97 Å². The van der Waals surface area contributed by atoms with Gasteiger partial charge >= 0.3 is 0 Å². The Balaban J connectivity index is 1.55. The van der Waals surface area contributed by atoms with Gasteiger partial charge in [-0.05, 0) is 29.7 Å². The van der Waals surface area contributed by atoms with Crippen molar-refractivity contribution in [1.82, 2.24) is 14.9 Å². The molecule has 1 unspecified atom stereocenters. The van der Waals surface area contributed by atoms with E-state index in [0.717, 1.165) is 30.4 Å². The van der Waals surface area contributed by atoms with Gasteiger partial charge in [0, 0.05) is 30.1 Å². The monoisotopic (exact) mass is 464 g/mol. The lowest BCUT2D eigenvalue weighted by molar-refractivity contribution is 0.170. The highest BCUT2D eigenvalue weighted by Crippen LogP contribution is 2.41. The highest BCUT2D eigenvalue weighted by Gasteiger charge is 2.35. The summed E-state index contributed by atoms with van der Waals surface area (Å²) in [6, 6.07) is 31.9. The highest BCUT2D eigenvalue weighted by atomic mass is 32.2. The molecule has 0 saturated carbocycles. The maximum atomic E-state index is 4.78. The Morgan fingerprint density at radius 2 is 1.56 bits per heavy atom. The molecule has 0 amide bonds. The van der Waals surface area contributed by atoms with Gasteiger partial charge in [-0.3, -0.25) is 4.90 Å². The fourth-order valence-corrected chi connectivity index (χ4v) is 5.42. The van der Waals surface area contributed by atoms with Crippen LogP contribution < -0.4 is 4.90 Å². The summed E-state index contributed by atoms with van der Waals surface area (Å²) in [7, 11) is 0. The van der Waals surface area contributed by atoms with Crippen LogP contribution in [0.2, 0.25) is 0 Å². The van der Waals surface area contributed by atoms with E-state index in [-0.39, 0.29) is 6.17 Å². The number of hydrogen-bond donors (Lipinski definition) is 0. The van der Waals surface area contributed by atoms with Gasteiger partial charge in [-0.2, -0.15) is 0 Å². The molecule has 0 bridgehead atoms. The zero-order valence-electron chi connectivity index (χ0n) is 19.1. The quantitative estimate of drug-likeness (QED) is 0.223. The minimum atomic E-state index is 0.0832. The molecule has 0 N–H and O–H groups in total. The van der Waals surface area contributed by atoms with E-state index >= 15 is 0 Å². The Bertz CT molecular complexity index is 1210. The predicted octanol–water partition coefficient (Wildman–Crippen LogP) is 6.38. The van der Waals surface area contributed by atoms with Crippen molar-refractivity contribution < 1.29 is 0 Å². The van der Waals surface area contributed by atoms with Gasteiger partial charge in [0.1, 0.15) is 23.3 Å². The zero-order valence-corrected chi connectivity index (χ0v) is 19.9. The molecule has 2 heterocycles. The van der Waals surface area contributed by atoms with Gasteiger partial charge in [0.05, 0.1) is 0 Å². The molecule has 3 aromatic carbocycles. The molecule has 0 fully saturated rings. The van der Waals surface area contributed by atoms with Gasteiger partial charge in [0.2, 0.25) is 0 Å². The second kappa shape index (κ2) is 10.7. The largest absolute Gasteiger partial charge is 0.333 e. The number of nitrogens with zero attached hydrogens (tertiary/aromatic N) is 4. The second-order valence-corrected chi connectivity index (χ2v) is 9.39. The summed E-state index contributed by atoms with van der Waals surface area (Å²) in [6.45, 7) is 6.49. The molecule has 170 valence electrons. The number of aromatic nitrogens is 2. The lowest BCUT2D eigenvalue weighted by Gasteiger charge is -2.45. The molecule has 1 aliphatic heterocycles. The van der Waals surface area contributed by atoms with E-state index in [2.05, 4.69) is 101 Å². The van der Waals surface area contributed by atoms with E-state index in [1.807, 2.05) is 12.1 Å². The van der Waals surface area contributed by atoms with Crippen molar-refractivity contribution in [3.8, 4) is 0 Å². The van der Waals surface area contributed by atoms with E-state index in [0.29, 0.717) is 6.54 Å². The van der Waals surface area contributed by atoms with Crippen molar-refractivity contribution in [3.63, 3.8) is 0 Å². The average molecular weight is 465 g/mol. The summed E-state index contributed by atoms with van der Waals surface area (Å²) < 4.78 is 0. The second-order valence-electron chi connectivity index (χ2n) is 8.33. The smallest absolute Gasteiger partial charge is 0.139 e. The van der Waals surface area contributed by atoms with Gasteiger partial charge in [-0.15, -0.1) is 6.58 Å². The zero-order chi connectivity index (χ0) is 23.2. The van der Waals surface area contributed by atoms with Crippen molar-refractivity contribution in [1.29, 1.82) is 0 Å². The lowest BCUT2D eigenvalue weighted by atomic mass is 10.0. The van der Waals surface area contributed by atoms with E-state index in [9.17, 15) is 0 Å². The molecule has 34 heavy (non-hydrogen) atoms. The van der Waals surface area contributed by atoms with Crippen LogP contribution in [0.1, 0.15) is 22.9 Å². The molecular formula is C29H28N4S. The number of fused-ring (bicyclic) bond motifs is 1. The van der Waals surface area contributed by atoms with E-state index in [1.165, 1.54) is 21.6 Å². The normalized spacial score (nSPS) is 15.6. The third kappa shape index (κ3) is 4.91. The van der Waals surface area contributed by atoms with Crippen LogP contribution >= 0.6 is 11.8 Å². The standard InChI is InChI=1S/C29H28N4S/c1-2-19-33-27-26(28(31-22-30-27)34-25-16-10-5-11-17-25)21-32(20-18-23-12-6-3-7-13-23)29(33)24-14-8-4-9-15-24/h2-17,22,29H,1,18-21H2. The Kier molecular flexibility index (Phi) is 7.03. The summed E-state index contributed by atoms with van der Waals surface area (Å²) in [5.74, 6) is 0.998. The SMILES string of the molecule is C=CCN1c2ncnc(Sc3ccccc3)c2CN(CCc2ccccc2)C1c1ccccc1. The van der Waals surface area contributed by atoms with E-state index in [4.69, 9.17) is 9.97 Å². The fourth-order valence-electron chi connectivity index (χ4n) is 4.52. The van der Waals surface area contributed by atoms with Crippen molar-refractivity contribution in [3.05, 3.63) is 127 Å². The Morgan fingerprint density at radius 1 is 0.882 bits per heavy atom. The topological polar surface area (TPSA) is 32.3 Å². The fraction of sp³-hybridized carbons (Fsp3) is 0.172. The summed E-state index contributed by atoms with van der Waals surface area (Å²) in [4.78, 5) is 15.6. The van der Waals surface area contributed by atoms with Crippen LogP contribution in [0.5, 0.6) is 0 Å².